The minimum absolute atomic E-state index is 0.0651. The van der Waals surface area contributed by atoms with Crippen molar-refractivity contribution in [2.24, 2.45) is 5.92 Å². The van der Waals surface area contributed by atoms with Gasteiger partial charge in [-0.25, -0.2) is 0 Å². The van der Waals surface area contributed by atoms with Gasteiger partial charge >= 0.3 is 5.97 Å². The Balaban J connectivity index is 1.50. The molecule has 0 aromatic heterocycles. The summed E-state index contributed by atoms with van der Waals surface area (Å²) in [5, 5.41) is 13.2. The maximum Gasteiger partial charge on any atom is 0.320 e. The normalized spacial score (nSPS) is 19.9. The number of para-hydroxylation sites is 1. The molecular weight excluding hydrogens is 428 g/mol. The first-order chi connectivity index (χ1) is 16.5. The van der Waals surface area contributed by atoms with Gasteiger partial charge in [0.05, 0.1) is 19.7 Å². The van der Waals surface area contributed by atoms with Gasteiger partial charge in [-0.2, -0.15) is 0 Å². The molecule has 6 nitrogen and oxygen atoms in total. The third-order valence-corrected chi connectivity index (χ3v) is 7.34. The van der Waals surface area contributed by atoms with Crippen LogP contribution in [0.3, 0.4) is 0 Å². The SMILES string of the molecule is COc1ccc(CN2C(=O)C(N[C@@H](CCC3CCCCC3)C(=O)O)CCc3ccccc32)cc1. The van der Waals surface area contributed by atoms with E-state index in [9.17, 15) is 14.7 Å². The number of rotatable bonds is 9. The number of nitrogens with one attached hydrogen (secondary N) is 1. The zero-order chi connectivity index (χ0) is 23.9. The zero-order valence-corrected chi connectivity index (χ0v) is 20.0. The third kappa shape index (κ3) is 5.98. The lowest BCUT2D eigenvalue weighted by atomic mass is 9.85. The minimum atomic E-state index is -0.868. The van der Waals surface area contributed by atoms with Gasteiger partial charge in [0.15, 0.2) is 0 Å². The van der Waals surface area contributed by atoms with Gasteiger partial charge in [-0.3, -0.25) is 14.9 Å². The van der Waals surface area contributed by atoms with Gasteiger partial charge in [0.1, 0.15) is 11.8 Å². The maximum absolute atomic E-state index is 13.7. The molecule has 1 unspecified atom stereocenters. The molecule has 0 saturated heterocycles. The average Bonchev–Trinajstić information content (AvgIpc) is 2.99. The summed E-state index contributed by atoms with van der Waals surface area (Å²) in [5.74, 6) is 0.447. The molecule has 4 rings (SSSR count). The number of aryl methyl sites for hydroxylation is 1. The van der Waals surface area contributed by atoms with E-state index in [0.717, 1.165) is 35.4 Å². The summed E-state index contributed by atoms with van der Waals surface area (Å²) in [6.07, 6.45) is 8.95. The number of benzene rings is 2. The Hall–Kier alpha value is -2.86. The first-order valence-corrected chi connectivity index (χ1v) is 12.6. The molecule has 1 heterocycles. The van der Waals surface area contributed by atoms with Gasteiger partial charge in [-0.05, 0) is 60.9 Å². The van der Waals surface area contributed by atoms with E-state index in [4.69, 9.17) is 4.74 Å². The van der Waals surface area contributed by atoms with Crippen LogP contribution in [0.4, 0.5) is 5.69 Å². The molecule has 2 N–H and O–H groups in total. The van der Waals surface area contributed by atoms with E-state index < -0.39 is 18.1 Å². The fourth-order valence-corrected chi connectivity index (χ4v) is 5.35. The van der Waals surface area contributed by atoms with E-state index in [1.54, 1.807) is 7.11 Å². The van der Waals surface area contributed by atoms with E-state index in [1.807, 2.05) is 47.4 Å². The van der Waals surface area contributed by atoms with Crippen LogP contribution in [0.15, 0.2) is 48.5 Å². The Kier molecular flexibility index (Phi) is 8.22. The number of amides is 1. The van der Waals surface area contributed by atoms with Crippen molar-refractivity contribution >= 4 is 17.6 Å². The van der Waals surface area contributed by atoms with E-state index in [0.29, 0.717) is 25.3 Å². The number of carbonyl (C=O) groups is 2. The van der Waals surface area contributed by atoms with Crippen LogP contribution < -0.4 is 15.0 Å². The Labute approximate surface area is 202 Å². The Morgan fingerprint density at radius 2 is 1.82 bits per heavy atom. The number of carbonyl (C=O) groups excluding carboxylic acids is 1. The topological polar surface area (TPSA) is 78.9 Å². The monoisotopic (exact) mass is 464 g/mol. The molecule has 34 heavy (non-hydrogen) atoms. The summed E-state index contributed by atoms with van der Waals surface area (Å²) in [4.78, 5) is 27.6. The number of hydrogen-bond acceptors (Lipinski definition) is 4. The highest BCUT2D eigenvalue weighted by Gasteiger charge is 2.33. The molecule has 2 atom stereocenters. The Morgan fingerprint density at radius 3 is 2.53 bits per heavy atom. The molecule has 1 aliphatic carbocycles. The van der Waals surface area contributed by atoms with E-state index in [-0.39, 0.29) is 5.91 Å². The molecule has 182 valence electrons. The fraction of sp³-hybridized carbons (Fsp3) is 0.500. The number of hydrogen-bond donors (Lipinski definition) is 2. The molecule has 2 aromatic carbocycles. The second kappa shape index (κ2) is 11.5. The van der Waals surface area contributed by atoms with Crippen LogP contribution in [0.5, 0.6) is 5.75 Å². The molecule has 2 aliphatic rings. The van der Waals surface area contributed by atoms with Crippen LogP contribution in [0, 0.1) is 5.92 Å². The first-order valence-electron chi connectivity index (χ1n) is 12.6. The number of carboxylic acids is 1. The van der Waals surface area contributed by atoms with Crippen molar-refractivity contribution in [3.8, 4) is 5.75 Å². The average molecular weight is 465 g/mol. The first kappa shape index (κ1) is 24.3. The van der Waals surface area contributed by atoms with Crippen molar-refractivity contribution in [1.29, 1.82) is 0 Å². The van der Waals surface area contributed by atoms with Crippen LogP contribution in [0.25, 0.3) is 0 Å². The number of fused-ring (bicyclic) bond motifs is 1. The molecule has 0 bridgehead atoms. The van der Waals surface area contributed by atoms with E-state index in [1.165, 1.54) is 32.1 Å². The molecule has 0 spiro atoms. The van der Waals surface area contributed by atoms with Crippen molar-refractivity contribution in [3.05, 3.63) is 59.7 Å². The van der Waals surface area contributed by atoms with Crippen molar-refractivity contribution in [2.75, 3.05) is 12.0 Å². The quantitative estimate of drug-likeness (QED) is 0.549. The zero-order valence-electron chi connectivity index (χ0n) is 20.0. The second-order valence-corrected chi connectivity index (χ2v) is 9.63. The van der Waals surface area contributed by atoms with Crippen LogP contribution in [0.1, 0.15) is 62.5 Å². The number of anilines is 1. The van der Waals surface area contributed by atoms with Crippen molar-refractivity contribution in [3.63, 3.8) is 0 Å². The van der Waals surface area contributed by atoms with Gasteiger partial charge in [-0.15, -0.1) is 0 Å². The summed E-state index contributed by atoms with van der Waals surface area (Å²) in [6, 6.07) is 14.5. The standard InChI is InChI=1S/C28H36N2O4/c1-34-23-15-11-21(12-16-23)19-30-26-10-6-5-9-22(26)14-18-24(27(30)31)29-25(28(32)33)17-13-20-7-3-2-4-8-20/h5-6,9-12,15-16,20,24-25,29H,2-4,7-8,13-14,17-19H2,1H3,(H,32,33)/t24?,25-/m0/s1. The number of carboxylic acid groups (broad SMARTS) is 1. The van der Waals surface area contributed by atoms with Crippen molar-refractivity contribution < 1.29 is 19.4 Å². The highest BCUT2D eigenvalue weighted by Crippen LogP contribution is 2.30. The molecule has 1 saturated carbocycles. The number of methoxy groups -OCH3 is 1. The van der Waals surface area contributed by atoms with Crippen LogP contribution in [0.2, 0.25) is 0 Å². The van der Waals surface area contributed by atoms with Crippen molar-refractivity contribution in [1.82, 2.24) is 5.32 Å². The fourth-order valence-electron chi connectivity index (χ4n) is 5.35. The number of aliphatic carboxylic acids is 1. The lowest BCUT2D eigenvalue weighted by Crippen LogP contribution is -2.51. The van der Waals surface area contributed by atoms with Crippen LogP contribution in [-0.4, -0.2) is 36.2 Å². The van der Waals surface area contributed by atoms with Crippen LogP contribution >= 0.6 is 0 Å². The van der Waals surface area contributed by atoms with Crippen LogP contribution in [-0.2, 0) is 22.6 Å². The Morgan fingerprint density at radius 1 is 1.09 bits per heavy atom. The molecule has 1 fully saturated rings. The lowest BCUT2D eigenvalue weighted by molar-refractivity contribution is -0.140. The summed E-state index contributed by atoms with van der Waals surface area (Å²) >= 11 is 0. The van der Waals surface area contributed by atoms with Gasteiger partial charge < -0.3 is 14.7 Å². The predicted molar refractivity (Wildman–Crippen MR) is 133 cm³/mol. The van der Waals surface area contributed by atoms with Gasteiger partial charge in [0.25, 0.3) is 0 Å². The maximum atomic E-state index is 13.7. The summed E-state index contributed by atoms with van der Waals surface area (Å²) in [6.45, 7) is 0.428. The molecule has 1 aliphatic heterocycles. The highest BCUT2D eigenvalue weighted by atomic mass is 16.5. The van der Waals surface area contributed by atoms with Gasteiger partial charge in [-0.1, -0.05) is 62.4 Å². The Bertz CT molecular complexity index is 969. The molecule has 2 aromatic rings. The molecule has 1 amide bonds. The molecule has 6 heteroatoms. The van der Waals surface area contributed by atoms with Gasteiger partial charge in [0.2, 0.25) is 5.91 Å². The smallest absolute Gasteiger partial charge is 0.320 e. The molecular formula is C28H36N2O4. The number of nitrogens with zero attached hydrogens (tertiary/aromatic N) is 1. The van der Waals surface area contributed by atoms with E-state index >= 15 is 0 Å². The largest absolute Gasteiger partial charge is 0.497 e. The summed E-state index contributed by atoms with van der Waals surface area (Å²) in [5.41, 5.74) is 3.01. The second-order valence-electron chi connectivity index (χ2n) is 9.63. The summed E-state index contributed by atoms with van der Waals surface area (Å²) in [7, 11) is 1.63. The predicted octanol–water partition coefficient (Wildman–Crippen LogP) is 4.95. The van der Waals surface area contributed by atoms with Crippen molar-refractivity contribution in [2.45, 2.75) is 76.4 Å². The third-order valence-electron chi connectivity index (χ3n) is 7.34. The lowest BCUT2D eigenvalue weighted by Gasteiger charge is -2.29. The minimum Gasteiger partial charge on any atom is -0.497 e. The number of ether oxygens (including phenoxy) is 1. The molecule has 0 radical (unpaired) electrons. The van der Waals surface area contributed by atoms with E-state index in [2.05, 4.69) is 11.4 Å². The highest BCUT2D eigenvalue weighted by molar-refractivity contribution is 5.98. The van der Waals surface area contributed by atoms with Gasteiger partial charge in [0, 0.05) is 5.69 Å². The summed E-state index contributed by atoms with van der Waals surface area (Å²) < 4.78 is 5.26.